The molecule has 0 aliphatic heterocycles. The second-order valence-electron chi connectivity index (χ2n) is 7.35. The normalized spacial score (nSPS) is 11.8. The molecule has 4 rings (SSSR count). The third kappa shape index (κ3) is 4.48. The summed E-state index contributed by atoms with van der Waals surface area (Å²) < 4.78 is 13.2. The molecule has 0 aliphatic carbocycles. The average Bonchev–Trinajstić information content (AvgIpc) is 3.19. The predicted molar refractivity (Wildman–Crippen MR) is 119 cm³/mol. The number of nitrogens with one attached hydrogen (secondary N) is 2. The number of benzene rings is 3. The van der Waals surface area contributed by atoms with Crippen LogP contribution in [0.3, 0.4) is 0 Å². The fraction of sp³-hybridized carbons (Fsp3) is 0.120. The third-order valence-electron chi connectivity index (χ3n) is 5.27. The van der Waals surface area contributed by atoms with Crippen molar-refractivity contribution in [2.45, 2.75) is 12.5 Å². The minimum atomic E-state index is -0.830. The molecule has 0 fully saturated rings. The van der Waals surface area contributed by atoms with Crippen LogP contribution in [-0.4, -0.2) is 28.7 Å². The number of likely N-dealkylation sites (N-methyl/N-ethyl adjacent to an activating group) is 1. The van der Waals surface area contributed by atoms with Gasteiger partial charge in [-0.3, -0.25) is 9.59 Å². The summed E-state index contributed by atoms with van der Waals surface area (Å²) in [5.74, 6) is -0.941. The average molecular weight is 415 g/mol. The van der Waals surface area contributed by atoms with Crippen LogP contribution in [0, 0.1) is 5.82 Å². The van der Waals surface area contributed by atoms with E-state index in [2.05, 4.69) is 10.3 Å². The zero-order chi connectivity index (χ0) is 21.8. The minimum Gasteiger partial charge on any atom is -0.361 e. The summed E-state index contributed by atoms with van der Waals surface area (Å²) in [5, 5.41) is 3.77. The third-order valence-corrected chi connectivity index (χ3v) is 5.27. The summed E-state index contributed by atoms with van der Waals surface area (Å²) >= 11 is 0. The number of para-hydroxylation sites is 1. The van der Waals surface area contributed by atoms with Gasteiger partial charge in [0.05, 0.1) is 6.42 Å². The Labute approximate surface area is 179 Å². The van der Waals surface area contributed by atoms with Gasteiger partial charge in [0.25, 0.3) is 5.91 Å². The molecule has 0 aliphatic rings. The van der Waals surface area contributed by atoms with Gasteiger partial charge in [-0.15, -0.1) is 0 Å². The van der Waals surface area contributed by atoms with E-state index < -0.39 is 6.04 Å². The Morgan fingerprint density at radius 1 is 0.968 bits per heavy atom. The van der Waals surface area contributed by atoms with E-state index in [9.17, 15) is 14.0 Å². The molecule has 0 unspecified atom stereocenters. The number of hydrogen-bond donors (Lipinski definition) is 2. The van der Waals surface area contributed by atoms with E-state index in [1.165, 1.54) is 29.2 Å². The first kappa shape index (κ1) is 20.3. The van der Waals surface area contributed by atoms with Gasteiger partial charge in [0.1, 0.15) is 11.9 Å². The van der Waals surface area contributed by atoms with E-state index in [1.54, 1.807) is 7.05 Å². The summed E-state index contributed by atoms with van der Waals surface area (Å²) in [6.45, 7) is 0. The van der Waals surface area contributed by atoms with Gasteiger partial charge in [-0.05, 0) is 41.5 Å². The summed E-state index contributed by atoms with van der Waals surface area (Å²) in [6, 6.07) is 21.6. The standard InChI is InChI=1S/C25H22FN3O2/c1-29(23(30)15-18-16-27-22-10-6-5-9-21(18)22)24(17-7-3-2-4-8-17)25(31)28-20-13-11-19(26)12-14-20/h2-14,16,24,27H,15H2,1H3,(H,28,31)/t24-/m0/s1/i26+0. The predicted octanol–water partition coefficient (Wildman–Crippen LogP) is 4.69. The Balaban J connectivity index is 1.59. The van der Waals surface area contributed by atoms with E-state index in [4.69, 9.17) is 0 Å². The molecule has 31 heavy (non-hydrogen) atoms. The summed E-state index contributed by atoms with van der Waals surface area (Å²) in [5.41, 5.74) is 2.99. The topological polar surface area (TPSA) is 65.2 Å². The number of nitrogens with zero attached hydrogens (tertiary/aromatic N) is 1. The molecular formula is C25H22FN3O2. The van der Waals surface area contributed by atoms with Gasteiger partial charge < -0.3 is 15.2 Å². The molecule has 0 spiro atoms. The maximum absolute atomic E-state index is 13.2. The lowest BCUT2D eigenvalue weighted by atomic mass is 10.0. The first-order valence-electron chi connectivity index (χ1n) is 9.95. The first-order valence-corrected chi connectivity index (χ1v) is 9.95. The molecule has 2 N–H and O–H groups in total. The molecule has 4 aromatic rings. The maximum atomic E-state index is 13.2. The summed E-state index contributed by atoms with van der Waals surface area (Å²) in [6.07, 6.45) is 1.99. The number of carbonyl (C=O) groups is 2. The van der Waals surface area contributed by atoms with Gasteiger partial charge >= 0.3 is 0 Å². The molecule has 3 aromatic carbocycles. The highest BCUT2D eigenvalue weighted by Gasteiger charge is 2.29. The van der Waals surface area contributed by atoms with Gasteiger partial charge in [-0.1, -0.05) is 48.5 Å². The van der Waals surface area contributed by atoms with Crippen molar-refractivity contribution in [3.05, 3.63) is 102 Å². The van der Waals surface area contributed by atoms with E-state index in [0.717, 1.165) is 16.5 Å². The molecule has 6 heteroatoms. The number of aromatic amines is 1. The van der Waals surface area contributed by atoms with Crippen LogP contribution in [0.25, 0.3) is 10.9 Å². The highest BCUT2D eigenvalue weighted by molar-refractivity contribution is 5.98. The van der Waals surface area contributed by atoms with Gasteiger partial charge in [0.2, 0.25) is 5.91 Å². The van der Waals surface area contributed by atoms with E-state index in [-0.39, 0.29) is 24.1 Å². The first-order chi connectivity index (χ1) is 15.0. The second kappa shape index (κ2) is 8.83. The Morgan fingerprint density at radius 3 is 2.39 bits per heavy atom. The Kier molecular flexibility index (Phi) is 5.80. The molecular weight excluding hydrogens is 393 g/mol. The van der Waals surface area contributed by atoms with Gasteiger partial charge in [0.15, 0.2) is 0 Å². The SMILES string of the molecule is CN(C(=O)Cc1c[nH]c2ccccc12)[C@H](C(=O)Nc1ccc([19F])cc1)c1ccccc1. The monoisotopic (exact) mass is 415 g/mol. The molecule has 0 saturated carbocycles. The van der Waals surface area contributed by atoms with Crippen molar-refractivity contribution in [1.29, 1.82) is 0 Å². The van der Waals surface area contributed by atoms with Crippen molar-refractivity contribution < 1.29 is 14.0 Å². The van der Waals surface area contributed by atoms with Crippen LogP contribution in [-0.2, 0) is 16.0 Å². The van der Waals surface area contributed by atoms with Crippen LogP contribution in [0.15, 0.2) is 85.1 Å². The van der Waals surface area contributed by atoms with Crippen molar-refractivity contribution in [1.82, 2.24) is 9.88 Å². The summed E-state index contributed by atoms with van der Waals surface area (Å²) in [4.78, 5) is 30.9. The van der Waals surface area contributed by atoms with Crippen LogP contribution in [0.5, 0.6) is 0 Å². The number of hydrogen-bond acceptors (Lipinski definition) is 2. The van der Waals surface area contributed by atoms with Crippen LogP contribution >= 0.6 is 0 Å². The lowest BCUT2D eigenvalue weighted by Crippen LogP contribution is -2.39. The summed E-state index contributed by atoms with van der Waals surface area (Å²) in [7, 11) is 1.62. The van der Waals surface area contributed by atoms with Crippen molar-refractivity contribution in [3.8, 4) is 0 Å². The molecule has 156 valence electrons. The Bertz CT molecular complexity index is 1200. The molecule has 2 amide bonds. The number of halogens is 1. The van der Waals surface area contributed by atoms with E-state index in [1.807, 2.05) is 60.8 Å². The number of rotatable bonds is 6. The largest absolute Gasteiger partial charge is 0.361 e. The molecule has 0 saturated heterocycles. The van der Waals surface area contributed by atoms with Crippen molar-refractivity contribution in [2.75, 3.05) is 12.4 Å². The fourth-order valence-corrected chi connectivity index (χ4v) is 3.64. The number of H-pyrrole nitrogens is 1. The van der Waals surface area contributed by atoms with Gasteiger partial charge in [-0.2, -0.15) is 0 Å². The van der Waals surface area contributed by atoms with Crippen LogP contribution < -0.4 is 5.32 Å². The Morgan fingerprint density at radius 2 is 1.65 bits per heavy atom. The van der Waals surface area contributed by atoms with Crippen molar-refractivity contribution >= 4 is 28.4 Å². The van der Waals surface area contributed by atoms with Crippen LogP contribution in [0.1, 0.15) is 17.2 Å². The van der Waals surface area contributed by atoms with Gasteiger partial charge in [-0.25, -0.2) is 4.39 Å². The number of amides is 2. The molecule has 5 nitrogen and oxygen atoms in total. The van der Waals surface area contributed by atoms with Crippen molar-refractivity contribution in [3.63, 3.8) is 0 Å². The second-order valence-corrected chi connectivity index (χ2v) is 7.35. The Hall–Kier alpha value is -3.93. The van der Waals surface area contributed by atoms with Gasteiger partial charge in [0, 0.05) is 29.8 Å². The molecule has 0 radical (unpaired) electrons. The highest BCUT2D eigenvalue weighted by Crippen LogP contribution is 2.24. The molecule has 0 bridgehead atoms. The number of fused-ring (bicyclic) bond motifs is 1. The van der Waals surface area contributed by atoms with E-state index >= 15 is 0 Å². The zero-order valence-electron chi connectivity index (χ0n) is 17.0. The quantitative estimate of drug-likeness (QED) is 0.480. The van der Waals surface area contributed by atoms with Crippen LogP contribution in [0.2, 0.25) is 0 Å². The highest BCUT2D eigenvalue weighted by atomic mass is 19.1. The van der Waals surface area contributed by atoms with Crippen molar-refractivity contribution in [2.24, 2.45) is 0 Å². The lowest BCUT2D eigenvalue weighted by Gasteiger charge is -2.28. The molecule has 1 atom stereocenters. The van der Waals surface area contributed by atoms with E-state index in [0.29, 0.717) is 11.3 Å². The number of carbonyl (C=O) groups excluding carboxylic acids is 2. The fourth-order valence-electron chi connectivity index (χ4n) is 3.64. The smallest absolute Gasteiger partial charge is 0.251 e. The lowest BCUT2D eigenvalue weighted by molar-refractivity contribution is -0.136. The number of anilines is 1. The molecule has 1 aromatic heterocycles. The molecule has 1 heterocycles. The number of aromatic nitrogens is 1. The van der Waals surface area contributed by atoms with Crippen LogP contribution in [0.4, 0.5) is 10.1 Å². The maximum Gasteiger partial charge on any atom is 0.251 e. The minimum absolute atomic E-state index is 0.160. The zero-order valence-corrected chi connectivity index (χ0v) is 17.0.